The Hall–Kier alpha value is -2.79. The summed E-state index contributed by atoms with van der Waals surface area (Å²) in [5.41, 5.74) is 0. The van der Waals surface area contributed by atoms with Crippen LogP contribution in [-0.4, -0.2) is 205 Å². The van der Waals surface area contributed by atoms with E-state index >= 15 is 0 Å². The number of aliphatic hydroxyl groups is 9. The van der Waals surface area contributed by atoms with Gasteiger partial charge in [-0.25, -0.2) is 4.57 Å². The summed E-state index contributed by atoms with van der Waals surface area (Å²) in [5.74, 6) is -2.27. The molecule has 19 unspecified atom stereocenters. The number of carbonyl (C=O) groups excluding carboxylic acids is 4. The fourth-order valence-electron chi connectivity index (χ4n) is 15.6. The van der Waals surface area contributed by atoms with E-state index in [0.29, 0.717) is 44.4 Å². The second-order valence-electron chi connectivity index (χ2n) is 33.8. The molecular formula is C90H167O25P. The molecule has 2 saturated heterocycles. The zero-order chi connectivity index (χ0) is 84.8. The van der Waals surface area contributed by atoms with Crippen molar-refractivity contribution in [3.63, 3.8) is 0 Å². The van der Waals surface area contributed by atoms with Crippen LogP contribution >= 0.6 is 7.82 Å². The van der Waals surface area contributed by atoms with Crippen molar-refractivity contribution in [2.45, 2.75) is 505 Å². The standard InChI is InChI=1S/C90H167O25P/c1-6-10-14-18-22-25-28-31-32-35-38-40-43-51-57-63-75(94)109-70(66-106-73(92)61-55-49-42-39-36-33-29-26-23-19-15-11-7-2)67-108-116(104,105)115-88-86(113-89-83(102)79(98)77(96)71(65-91)110-89)82(101)81(100)85(112-76(95)64-58-52-44-41-37-34-30-27-24-20-16-12-8-3)87(88)114-90-84(103)80(99)78(97)72(111-90)68-107-74(93)62-56-50-46-45-48-54-60-69(5)59-53-47-21-17-13-9-4/h25,28,69-72,77-91,96-103H,6-24,26-27,29-68H2,1-5H3,(H,104,105)/b28-25-. The number of allylic oxidation sites excluding steroid dienone is 2. The molecule has 1 aliphatic carbocycles. The maximum atomic E-state index is 14.9. The van der Waals surface area contributed by atoms with Crippen LogP contribution in [0.1, 0.15) is 401 Å². The lowest BCUT2D eigenvalue weighted by Gasteiger charge is -2.50. The number of hydrogen-bond acceptors (Lipinski definition) is 24. The molecular weight excluding hydrogens is 1510 g/mol. The largest absolute Gasteiger partial charge is 0.472 e. The second kappa shape index (κ2) is 68.6. The Kier molecular flexibility index (Phi) is 63.5. The van der Waals surface area contributed by atoms with E-state index in [0.717, 1.165) is 141 Å². The second-order valence-corrected chi connectivity index (χ2v) is 35.2. The molecule has 116 heavy (non-hydrogen) atoms. The fraction of sp³-hybridized carbons (Fsp3) is 0.933. The summed E-state index contributed by atoms with van der Waals surface area (Å²) in [6.45, 7) is 7.91. The van der Waals surface area contributed by atoms with Crippen LogP contribution in [0.15, 0.2) is 12.2 Å². The first kappa shape index (κ1) is 107. The molecule has 19 atom stereocenters. The molecule has 2 aliphatic heterocycles. The minimum atomic E-state index is -5.80. The van der Waals surface area contributed by atoms with Crippen molar-refractivity contribution in [1.82, 2.24) is 0 Å². The highest BCUT2D eigenvalue weighted by Gasteiger charge is 2.60. The quantitative estimate of drug-likeness (QED) is 0.00889. The van der Waals surface area contributed by atoms with Crippen LogP contribution in [0.2, 0.25) is 0 Å². The van der Waals surface area contributed by atoms with Gasteiger partial charge in [-0.15, -0.1) is 0 Å². The van der Waals surface area contributed by atoms with Gasteiger partial charge in [-0.1, -0.05) is 336 Å². The zero-order valence-electron chi connectivity index (χ0n) is 72.7. The van der Waals surface area contributed by atoms with Crippen molar-refractivity contribution in [2.24, 2.45) is 5.92 Å². The average Bonchev–Trinajstić information content (AvgIpc) is 0.755. The zero-order valence-corrected chi connectivity index (χ0v) is 73.6. The number of esters is 4. The Morgan fingerprint density at radius 1 is 0.362 bits per heavy atom. The van der Waals surface area contributed by atoms with E-state index in [1.807, 2.05) is 0 Å². The minimum absolute atomic E-state index is 0.0160. The summed E-state index contributed by atoms with van der Waals surface area (Å²) in [5, 5.41) is 102. The lowest BCUT2D eigenvalue weighted by molar-refractivity contribution is -0.360. The number of rotatable bonds is 75. The van der Waals surface area contributed by atoms with Crippen LogP contribution in [0, 0.1) is 5.92 Å². The van der Waals surface area contributed by atoms with Gasteiger partial charge in [0.25, 0.3) is 0 Å². The third-order valence-corrected chi connectivity index (χ3v) is 24.2. The van der Waals surface area contributed by atoms with Gasteiger partial charge >= 0.3 is 31.7 Å². The van der Waals surface area contributed by atoms with Crippen LogP contribution in [0.25, 0.3) is 0 Å². The number of phosphoric acid groups is 1. The highest BCUT2D eigenvalue weighted by atomic mass is 31.2. The third-order valence-electron chi connectivity index (χ3n) is 23.2. The maximum Gasteiger partial charge on any atom is 0.472 e. The van der Waals surface area contributed by atoms with Gasteiger partial charge < -0.3 is 88.7 Å². The lowest BCUT2D eigenvalue weighted by Crippen LogP contribution is -2.70. The van der Waals surface area contributed by atoms with E-state index < -0.39 is 162 Å². The number of hydrogen-bond donors (Lipinski definition) is 10. The van der Waals surface area contributed by atoms with Gasteiger partial charge in [0.1, 0.15) is 92.6 Å². The summed E-state index contributed by atoms with van der Waals surface area (Å²) < 4.78 is 73.4. The van der Waals surface area contributed by atoms with Crippen molar-refractivity contribution in [1.29, 1.82) is 0 Å². The van der Waals surface area contributed by atoms with Crippen molar-refractivity contribution in [3.05, 3.63) is 12.2 Å². The van der Waals surface area contributed by atoms with Crippen LogP contribution in [0.3, 0.4) is 0 Å². The van der Waals surface area contributed by atoms with E-state index in [4.69, 9.17) is 46.9 Å². The molecule has 0 spiro atoms. The molecule has 0 aromatic rings. The van der Waals surface area contributed by atoms with Gasteiger partial charge in [0.05, 0.1) is 13.2 Å². The van der Waals surface area contributed by atoms with E-state index in [-0.39, 0.29) is 25.7 Å². The molecule has 10 N–H and O–H groups in total. The van der Waals surface area contributed by atoms with E-state index in [2.05, 4.69) is 46.8 Å². The van der Waals surface area contributed by atoms with Gasteiger partial charge in [-0.2, -0.15) is 0 Å². The molecule has 3 aliphatic rings. The van der Waals surface area contributed by atoms with Crippen molar-refractivity contribution < 1.29 is 122 Å². The van der Waals surface area contributed by atoms with Gasteiger partial charge in [0, 0.05) is 25.7 Å². The number of aliphatic hydroxyl groups excluding tert-OH is 9. The summed E-state index contributed by atoms with van der Waals surface area (Å²) >= 11 is 0. The molecule has 25 nitrogen and oxygen atoms in total. The molecule has 3 fully saturated rings. The number of carbonyl (C=O) groups is 4. The predicted molar refractivity (Wildman–Crippen MR) is 449 cm³/mol. The lowest BCUT2D eigenvalue weighted by atomic mass is 9.84. The Bertz CT molecular complexity index is 2480. The molecule has 682 valence electrons. The molecule has 1 saturated carbocycles. The molecule has 0 aromatic heterocycles. The molecule has 0 radical (unpaired) electrons. The van der Waals surface area contributed by atoms with Crippen LogP contribution in [0.4, 0.5) is 0 Å². The van der Waals surface area contributed by atoms with E-state index in [1.165, 1.54) is 161 Å². The highest BCUT2D eigenvalue weighted by Crippen LogP contribution is 2.49. The van der Waals surface area contributed by atoms with E-state index in [9.17, 15) is 74.6 Å². The summed E-state index contributed by atoms with van der Waals surface area (Å²) in [6, 6.07) is 0. The number of unbranched alkanes of at least 4 members (excludes halogenated alkanes) is 45. The van der Waals surface area contributed by atoms with Gasteiger partial charge in [-0.3, -0.25) is 28.2 Å². The van der Waals surface area contributed by atoms with Crippen molar-refractivity contribution in [2.75, 3.05) is 26.4 Å². The monoisotopic (exact) mass is 1680 g/mol. The summed E-state index contributed by atoms with van der Waals surface area (Å²) in [6.07, 6.45) is 25.0. The molecule has 3 rings (SSSR count). The number of ether oxygens (including phenoxy) is 8. The van der Waals surface area contributed by atoms with Gasteiger partial charge in [-0.05, 0) is 57.3 Å². The van der Waals surface area contributed by atoms with Gasteiger partial charge in [0.2, 0.25) is 0 Å². The first-order valence-corrected chi connectivity index (χ1v) is 48.3. The summed E-state index contributed by atoms with van der Waals surface area (Å²) in [4.78, 5) is 66.4. The molecule has 0 aromatic carbocycles. The summed E-state index contributed by atoms with van der Waals surface area (Å²) in [7, 11) is -5.80. The Morgan fingerprint density at radius 2 is 0.698 bits per heavy atom. The first-order chi connectivity index (χ1) is 56.1. The number of phosphoric ester groups is 1. The smallest absolute Gasteiger partial charge is 0.463 e. The Balaban J connectivity index is 1.92. The molecule has 2 heterocycles. The van der Waals surface area contributed by atoms with Gasteiger partial charge in [0.15, 0.2) is 24.8 Å². The Labute approximate surface area is 699 Å². The predicted octanol–water partition coefficient (Wildman–Crippen LogP) is 17.0. The highest BCUT2D eigenvalue weighted by molar-refractivity contribution is 7.47. The fourth-order valence-corrected chi connectivity index (χ4v) is 16.6. The maximum absolute atomic E-state index is 14.9. The van der Waals surface area contributed by atoms with E-state index in [1.54, 1.807) is 0 Å². The van der Waals surface area contributed by atoms with Crippen LogP contribution in [0.5, 0.6) is 0 Å². The normalized spacial score (nSPS) is 25.4. The average molecular weight is 1680 g/mol. The molecule has 0 amide bonds. The van der Waals surface area contributed by atoms with Crippen molar-refractivity contribution in [3.8, 4) is 0 Å². The third kappa shape index (κ3) is 48.9. The van der Waals surface area contributed by atoms with Crippen molar-refractivity contribution >= 4 is 31.7 Å². The first-order valence-electron chi connectivity index (χ1n) is 46.8. The molecule has 26 heteroatoms. The minimum Gasteiger partial charge on any atom is -0.463 e. The van der Waals surface area contributed by atoms with Crippen LogP contribution < -0.4 is 0 Å². The van der Waals surface area contributed by atoms with Crippen LogP contribution in [-0.2, 0) is 70.7 Å². The topological polar surface area (TPSA) is 380 Å². The Morgan fingerprint density at radius 3 is 1.12 bits per heavy atom. The SMILES string of the molecule is CCCCCC/C=C\CCCCCCCCCC(=O)OC(COC(=O)CCCCCCCCCCCCCCC)COP(=O)(O)OC1C(OC2OC(CO)C(O)C(O)C2O)C(O)C(O)C(OC(=O)CCCCCCCCCCCCCCC)C1OC1OC(COC(=O)CCCCCCCCC(C)CCCCCCCC)C(O)C(O)C1O. The molecule has 0 bridgehead atoms.